The third-order valence-corrected chi connectivity index (χ3v) is 8.15. The summed E-state index contributed by atoms with van der Waals surface area (Å²) in [6.45, 7) is 6.54. The third kappa shape index (κ3) is 5.93. The fraction of sp³-hybridized carbons (Fsp3) is 0.455. The maximum atomic E-state index is 12.9. The van der Waals surface area contributed by atoms with Crippen LogP contribution < -0.4 is 5.32 Å². The van der Waals surface area contributed by atoms with Crippen LogP contribution in [-0.2, 0) is 19.6 Å². The van der Waals surface area contributed by atoms with Gasteiger partial charge < -0.3 is 10.1 Å². The number of piperidine rings is 1. The van der Waals surface area contributed by atoms with Gasteiger partial charge in [0.25, 0.3) is 5.91 Å². The molecule has 1 N–H and O–H groups in total. The molecule has 2 heterocycles. The average molecular weight is 465 g/mol. The number of ether oxygens (including phenoxy) is 1. The minimum atomic E-state index is -3.61. The van der Waals surface area contributed by atoms with E-state index in [0.717, 1.165) is 11.3 Å². The first kappa shape index (κ1) is 23.4. The lowest BCUT2D eigenvalue weighted by Crippen LogP contribution is -2.42. The summed E-state index contributed by atoms with van der Waals surface area (Å²) in [5.74, 6) is -0.465. The molecule has 0 aliphatic carbocycles. The number of nitrogens with one attached hydrogen (secondary N) is 1. The van der Waals surface area contributed by atoms with Crippen LogP contribution in [0.5, 0.6) is 0 Å². The summed E-state index contributed by atoms with van der Waals surface area (Å²) in [5.41, 5.74) is 0.193. The summed E-state index contributed by atoms with van der Waals surface area (Å²) in [6.07, 6.45) is 1.01. The van der Waals surface area contributed by atoms with Crippen LogP contribution in [0.1, 0.15) is 48.5 Å². The van der Waals surface area contributed by atoms with Crippen molar-refractivity contribution in [3.05, 3.63) is 52.2 Å². The lowest BCUT2D eigenvalue weighted by molar-refractivity contribution is -0.124. The molecule has 0 radical (unpaired) electrons. The molecule has 2 aromatic rings. The van der Waals surface area contributed by atoms with E-state index in [1.165, 1.54) is 39.9 Å². The molecule has 3 rings (SSSR count). The van der Waals surface area contributed by atoms with Crippen LogP contribution in [0.4, 0.5) is 0 Å². The van der Waals surface area contributed by atoms with E-state index in [9.17, 15) is 18.0 Å². The number of esters is 1. The van der Waals surface area contributed by atoms with Crippen molar-refractivity contribution >= 4 is 33.2 Å². The van der Waals surface area contributed by atoms with Gasteiger partial charge in [-0.2, -0.15) is 4.31 Å². The number of amides is 1. The maximum absolute atomic E-state index is 12.9. The minimum absolute atomic E-state index is 0.146. The normalized spacial score (nSPS) is 20.7. The molecule has 1 aliphatic rings. The van der Waals surface area contributed by atoms with Crippen molar-refractivity contribution in [3.63, 3.8) is 0 Å². The third-order valence-electron chi connectivity index (χ3n) is 5.24. The van der Waals surface area contributed by atoms with E-state index in [1.54, 1.807) is 0 Å². The van der Waals surface area contributed by atoms with Crippen LogP contribution in [0, 0.1) is 11.8 Å². The van der Waals surface area contributed by atoms with Gasteiger partial charge in [-0.15, -0.1) is 11.3 Å². The zero-order valence-electron chi connectivity index (χ0n) is 17.9. The summed E-state index contributed by atoms with van der Waals surface area (Å²) in [7, 11) is -3.61. The number of hydrogen-bond acceptors (Lipinski definition) is 6. The fourth-order valence-corrected chi connectivity index (χ4v) is 6.23. The number of benzene rings is 1. The van der Waals surface area contributed by atoms with Gasteiger partial charge in [0.1, 0.15) is 0 Å². The van der Waals surface area contributed by atoms with E-state index in [-0.39, 0.29) is 16.5 Å². The standard InChI is InChI=1S/C22H28N2O5S2/c1-15-11-16(2)13-24(12-15)31(27,28)19-8-6-18(7-9-19)22(26)29-14-21(25)23-17(3)20-5-4-10-30-20/h4-10,15-17H,11-14H2,1-3H3,(H,23,25). The van der Waals surface area contributed by atoms with E-state index in [4.69, 9.17) is 4.74 Å². The molecular weight excluding hydrogens is 436 g/mol. The summed E-state index contributed by atoms with van der Waals surface area (Å²) >= 11 is 1.53. The molecule has 3 atom stereocenters. The van der Waals surface area contributed by atoms with Gasteiger partial charge in [0.05, 0.1) is 16.5 Å². The van der Waals surface area contributed by atoms with Crippen LogP contribution in [0.25, 0.3) is 0 Å². The van der Waals surface area contributed by atoms with Gasteiger partial charge in [-0.05, 0) is 60.9 Å². The summed E-state index contributed by atoms with van der Waals surface area (Å²) in [6, 6.07) is 9.30. The molecule has 0 saturated carbocycles. The number of carbonyl (C=O) groups excluding carboxylic acids is 2. The van der Waals surface area contributed by atoms with E-state index in [1.807, 2.05) is 24.4 Å². The second-order valence-electron chi connectivity index (χ2n) is 8.17. The Morgan fingerprint density at radius 1 is 1.16 bits per heavy atom. The fourth-order valence-electron chi connectivity index (χ4n) is 3.82. The Balaban J connectivity index is 1.56. The summed E-state index contributed by atoms with van der Waals surface area (Å²) in [4.78, 5) is 25.4. The number of nitrogens with zero attached hydrogens (tertiary/aromatic N) is 1. The van der Waals surface area contributed by atoms with Crippen LogP contribution >= 0.6 is 11.3 Å². The lowest BCUT2D eigenvalue weighted by atomic mass is 9.94. The smallest absolute Gasteiger partial charge is 0.338 e. The highest BCUT2D eigenvalue weighted by molar-refractivity contribution is 7.89. The zero-order chi connectivity index (χ0) is 22.6. The lowest BCUT2D eigenvalue weighted by Gasteiger charge is -2.34. The molecule has 9 heteroatoms. The average Bonchev–Trinajstić information content (AvgIpc) is 3.26. The van der Waals surface area contributed by atoms with E-state index < -0.39 is 28.5 Å². The van der Waals surface area contributed by atoms with Crippen molar-refractivity contribution in [1.29, 1.82) is 0 Å². The van der Waals surface area contributed by atoms with Crippen LogP contribution in [0.15, 0.2) is 46.7 Å². The topological polar surface area (TPSA) is 92.8 Å². The van der Waals surface area contributed by atoms with Gasteiger partial charge in [-0.25, -0.2) is 13.2 Å². The quantitative estimate of drug-likeness (QED) is 0.634. The Morgan fingerprint density at radius 2 is 1.81 bits per heavy atom. The van der Waals surface area contributed by atoms with E-state index >= 15 is 0 Å². The van der Waals surface area contributed by atoms with Crippen molar-refractivity contribution in [2.24, 2.45) is 11.8 Å². The van der Waals surface area contributed by atoms with Crippen molar-refractivity contribution in [2.75, 3.05) is 19.7 Å². The number of hydrogen-bond donors (Lipinski definition) is 1. The highest BCUT2D eigenvalue weighted by Crippen LogP contribution is 2.27. The first-order valence-electron chi connectivity index (χ1n) is 10.3. The first-order chi connectivity index (χ1) is 14.7. The van der Waals surface area contributed by atoms with E-state index in [0.29, 0.717) is 24.9 Å². The predicted octanol–water partition coefficient (Wildman–Crippen LogP) is 3.45. The molecule has 31 heavy (non-hydrogen) atoms. The molecule has 7 nitrogen and oxygen atoms in total. The molecule has 1 saturated heterocycles. The van der Waals surface area contributed by atoms with Gasteiger partial charge in [-0.3, -0.25) is 4.79 Å². The molecule has 1 aromatic heterocycles. The Bertz CT molecular complexity index is 993. The largest absolute Gasteiger partial charge is 0.452 e. The van der Waals surface area contributed by atoms with Crippen molar-refractivity contribution < 1.29 is 22.7 Å². The monoisotopic (exact) mass is 464 g/mol. The second kappa shape index (κ2) is 9.93. The van der Waals surface area contributed by atoms with Crippen LogP contribution in [-0.4, -0.2) is 44.3 Å². The van der Waals surface area contributed by atoms with Crippen LogP contribution in [0.3, 0.4) is 0 Å². The molecule has 1 amide bonds. The molecular formula is C22H28N2O5S2. The minimum Gasteiger partial charge on any atom is -0.452 e. The number of thiophene rings is 1. The van der Waals surface area contributed by atoms with Gasteiger partial charge in [0.2, 0.25) is 10.0 Å². The number of sulfonamides is 1. The molecule has 168 valence electrons. The van der Waals surface area contributed by atoms with Crippen LogP contribution in [0.2, 0.25) is 0 Å². The van der Waals surface area contributed by atoms with Crippen molar-refractivity contribution in [1.82, 2.24) is 9.62 Å². The highest BCUT2D eigenvalue weighted by Gasteiger charge is 2.31. The van der Waals surface area contributed by atoms with E-state index in [2.05, 4.69) is 19.2 Å². The van der Waals surface area contributed by atoms with Gasteiger partial charge in [0, 0.05) is 18.0 Å². The molecule has 1 aliphatic heterocycles. The molecule has 1 aromatic carbocycles. The van der Waals surface area contributed by atoms with Gasteiger partial charge in [-0.1, -0.05) is 19.9 Å². The van der Waals surface area contributed by atoms with Crippen molar-refractivity contribution in [3.8, 4) is 0 Å². The molecule has 1 fully saturated rings. The Kier molecular flexibility index (Phi) is 7.51. The predicted molar refractivity (Wildman–Crippen MR) is 119 cm³/mol. The van der Waals surface area contributed by atoms with Gasteiger partial charge >= 0.3 is 5.97 Å². The second-order valence-corrected chi connectivity index (χ2v) is 11.1. The number of rotatable bonds is 7. The Hall–Kier alpha value is -2.23. The van der Waals surface area contributed by atoms with Gasteiger partial charge in [0.15, 0.2) is 6.61 Å². The van der Waals surface area contributed by atoms with Crippen molar-refractivity contribution in [2.45, 2.75) is 38.1 Å². The summed E-state index contributed by atoms with van der Waals surface area (Å²) in [5, 5.41) is 4.70. The molecule has 0 spiro atoms. The Morgan fingerprint density at radius 3 is 2.39 bits per heavy atom. The zero-order valence-corrected chi connectivity index (χ0v) is 19.5. The SMILES string of the molecule is CC1CC(C)CN(S(=O)(=O)c2ccc(C(=O)OCC(=O)NC(C)c3cccs3)cc2)C1. The first-order valence-corrected chi connectivity index (χ1v) is 12.6. The summed E-state index contributed by atoms with van der Waals surface area (Å²) < 4.78 is 32.4. The number of carbonyl (C=O) groups is 2. The molecule has 3 unspecified atom stereocenters. The highest BCUT2D eigenvalue weighted by atomic mass is 32.2. The maximum Gasteiger partial charge on any atom is 0.338 e. The Labute approximate surface area is 187 Å². The molecule has 0 bridgehead atoms.